The van der Waals surface area contributed by atoms with Crippen molar-refractivity contribution in [2.75, 3.05) is 14.1 Å². The second-order valence-corrected chi connectivity index (χ2v) is 11.7. The van der Waals surface area contributed by atoms with Crippen LogP contribution in [0.5, 0.6) is 0 Å². The van der Waals surface area contributed by atoms with Crippen molar-refractivity contribution in [2.45, 2.75) is 55.9 Å². The van der Waals surface area contributed by atoms with E-state index < -0.39 is 20.0 Å². The van der Waals surface area contributed by atoms with E-state index in [4.69, 9.17) is 0 Å². The van der Waals surface area contributed by atoms with Gasteiger partial charge in [0.25, 0.3) is 0 Å². The zero-order valence-corrected chi connectivity index (χ0v) is 17.8. The molecule has 0 amide bonds. The van der Waals surface area contributed by atoms with E-state index in [0.29, 0.717) is 11.8 Å². The van der Waals surface area contributed by atoms with Crippen molar-refractivity contribution < 1.29 is 16.8 Å². The fourth-order valence-corrected chi connectivity index (χ4v) is 5.99. The number of sulfonamides is 2. The van der Waals surface area contributed by atoms with Crippen LogP contribution in [-0.4, -0.2) is 41.3 Å². The van der Waals surface area contributed by atoms with Crippen molar-refractivity contribution in [3.05, 3.63) is 24.3 Å². The van der Waals surface area contributed by atoms with Gasteiger partial charge in [-0.3, -0.25) is 0 Å². The van der Waals surface area contributed by atoms with Crippen LogP contribution in [0.1, 0.15) is 40.0 Å². The molecule has 0 radical (unpaired) electrons. The largest absolute Gasteiger partial charge is 0.242 e. The van der Waals surface area contributed by atoms with Gasteiger partial charge in [-0.25, -0.2) is 25.9 Å². The highest BCUT2D eigenvalue weighted by atomic mass is 32.2. The summed E-state index contributed by atoms with van der Waals surface area (Å²) in [6, 6.07) is 5.42. The fourth-order valence-electron chi connectivity index (χ4n) is 3.62. The molecule has 2 rings (SSSR count). The number of nitrogens with zero attached hydrogens (tertiary/aromatic N) is 1. The molecule has 0 spiro atoms. The third-order valence-corrected chi connectivity index (χ3v) is 8.52. The number of benzene rings is 1. The number of nitrogens with one attached hydrogen (secondary N) is 1. The van der Waals surface area contributed by atoms with E-state index in [1.807, 2.05) is 0 Å². The molecule has 8 heteroatoms. The lowest BCUT2D eigenvalue weighted by molar-refractivity contribution is 0.188. The number of rotatable bonds is 6. The summed E-state index contributed by atoms with van der Waals surface area (Å²) < 4.78 is 54.3. The van der Waals surface area contributed by atoms with Gasteiger partial charge in [0.1, 0.15) is 0 Å². The summed E-state index contributed by atoms with van der Waals surface area (Å²) in [6.45, 7) is 6.38. The Labute approximate surface area is 158 Å². The average Bonchev–Trinajstić information content (AvgIpc) is 2.54. The van der Waals surface area contributed by atoms with Gasteiger partial charge in [-0.1, -0.05) is 33.3 Å². The van der Waals surface area contributed by atoms with Gasteiger partial charge in [-0.2, -0.15) is 0 Å². The van der Waals surface area contributed by atoms with Crippen LogP contribution in [0.4, 0.5) is 0 Å². The molecule has 0 aliphatic heterocycles. The molecule has 26 heavy (non-hydrogen) atoms. The Morgan fingerprint density at radius 3 is 2.27 bits per heavy atom. The maximum absolute atomic E-state index is 12.9. The van der Waals surface area contributed by atoms with E-state index in [1.54, 1.807) is 0 Å². The Hall–Kier alpha value is -0.960. The molecule has 1 aromatic rings. The van der Waals surface area contributed by atoms with Crippen molar-refractivity contribution in [3.63, 3.8) is 0 Å². The lowest BCUT2D eigenvalue weighted by Gasteiger charge is -2.37. The first-order valence-electron chi connectivity index (χ1n) is 9.00. The van der Waals surface area contributed by atoms with E-state index in [9.17, 15) is 16.8 Å². The molecule has 0 heterocycles. The summed E-state index contributed by atoms with van der Waals surface area (Å²) >= 11 is 0. The Morgan fingerprint density at radius 2 is 1.69 bits per heavy atom. The molecule has 1 fully saturated rings. The molecule has 1 aromatic carbocycles. The molecule has 1 saturated carbocycles. The van der Waals surface area contributed by atoms with Crippen LogP contribution in [0, 0.1) is 17.8 Å². The summed E-state index contributed by atoms with van der Waals surface area (Å²) in [5.74, 6) is 1.14. The highest BCUT2D eigenvalue weighted by Gasteiger charge is 2.34. The van der Waals surface area contributed by atoms with Crippen molar-refractivity contribution in [1.82, 2.24) is 9.03 Å². The molecular weight excluding hydrogens is 372 g/mol. The predicted molar refractivity (Wildman–Crippen MR) is 103 cm³/mol. The van der Waals surface area contributed by atoms with Crippen molar-refractivity contribution in [1.29, 1.82) is 0 Å². The third kappa shape index (κ3) is 4.65. The van der Waals surface area contributed by atoms with E-state index in [0.717, 1.165) is 23.6 Å². The van der Waals surface area contributed by atoms with Crippen LogP contribution >= 0.6 is 0 Å². The van der Waals surface area contributed by atoms with Crippen LogP contribution in [0.2, 0.25) is 0 Å². The molecule has 0 bridgehead atoms. The Balaban J connectivity index is 2.33. The molecule has 3 atom stereocenters. The molecule has 0 unspecified atom stereocenters. The first kappa shape index (κ1) is 21.3. The summed E-state index contributed by atoms with van der Waals surface area (Å²) in [7, 11) is -4.63. The van der Waals surface area contributed by atoms with Gasteiger partial charge >= 0.3 is 0 Å². The summed E-state index contributed by atoms with van der Waals surface area (Å²) in [6.07, 6.45) is 2.91. The molecule has 0 aromatic heterocycles. The number of hydrogen-bond donors (Lipinski definition) is 1. The van der Waals surface area contributed by atoms with Gasteiger partial charge < -0.3 is 0 Å². The minimum atomic E-state index is -3.79. The Bertz CT molecular complexity index is 833. The summed E-state index contributed by atoms with van der Waals surface area (Å²) in [5.41, 5.74) is 0. The zero-order chi connectivity index (χ0) is 19.7. The molecule has 148 valence electrons. The molecular formula is C18H30N2O4S2. The van der Waals surface area contributed by atoms with Crippen LogP contribution in [0.3, 0.4) is 0 Å². The molecule has 0 saturated heterocycles. The first-order chi connectivity index (χ1) is 11.9. The second kappa shape index (κ2) is 7.96. The summed E-state index contributed by atoms with van der Waals surface area (Å²) in [5, 5.41) is 0. The number of hydrogen-bond acceptors (Lipinski definition) is 4. The Morgan fingerprint density at radius 1 is 1.08 bits per heavy atom. The topological polar surface area (TPSA) is 83.5 Å². The van der Waals surface area contributed by atoms with Gasteiger partial charge in [-0.15, -0.1) is 0 Å². The molecule has 1 aliphatic rings. The monoisotopic (exact) mass is 402 g/mol. The quantitative estimate of drug-likeness (QED) is 0.793. The van der Waals surface area contributed by atoms with E-state index in [2.05, 4.69) is 25.5 Å². The van der Waals surface area contributed by atoms with Gasteiger partial charge in [-0.05, 0) is 48.8 Å². The SMILES string of the molecule is CC(C)[C@H]1CC[C@@H](C)C[C@H]1NS(=O)(=O)c1cccc(S(=O)(=O)N(C)C)c1. The highest BCUT2D eigenvalue weighted by Crippen LogP contribution is 2.34. The van der Waals surface area contributed by atoms with E-state index >= 15 is 0 Å². The average molecular weight is 403 g/mol. The normalized spacial score (nSPS) is 25.0. The van der Waals surface area contributed by atoms with Crippen molar-refractivity contribution in [2.24, 2.45) is 17.8 Å². The van der Waals surface area contributed by atoms with Crippen LogP contribution in [-0.2, 0) is 20.0 Å². The summed E-state index contributed by atoms with van der Waals surface area (Å²) in [4.78, 5) is -0.0380. The van der Waals surface area contributed by atoms with Gasteiger partial charge in [0, 0.05) is 20.1 Å². The Kier molecular flexibility index (Phi) is 6.53. The van der Waals surface area contributed by atoms with Gasteiger partial charge in [0.2, 0.25) is 20.0 Å². The first-order valence-corrected chi connectivity index (χ1v) is 11.9. The van der Waals surface area contributed by atoms with Gasteiger partial charge in [0.15, 0.2) is 0 Å². The molecule has 1 aliphatic carbocycles. The smallest absolute Gasteiger partial charge is 0.208 e. The molecule has 6 nitrogen and oxygen atoms in total. The lowest BCUT2D eigenvalue weighted by atomic mass is 9.74. The third-order valence-electron chi connectivity index (χ3n) is 5.22. The van der Waals surface area contributed by atoms with Crippen molar-refractivity contribution >= 4 is 20.0 Å². The predicted octanol–water partition coefficient (Wildman–Crippen LogP) is 2.68. The zero-order valence-electron chi connectivity index (χ0n) is 16.1. The van der Waals surface area contributed by atoms with Crippen LogP contribution in [0.25, 0.3) is 0 Å². The van der Waals surface area contributed by atoms with Crippen LogP contribution in [0.15, 0.2) is 34.1 Å². The van der Waals surface area contributed by atoms with Crippen molar-refractivity contribution in [3.8, 4) is 0 Å². The van der Waals surface area contributed by atoms with Gasteiger partial charge in [0.05, 0.1) is 9.79 Å². The fraction of sp³-hybridized carbons (Fsp3) is 0.667. The maximum Gasteiger partial charge on any atom is 0.242 e. The van der Waals surface area contributed by atoms with Crippen LogP contribution < -0.4 is 4.72 Å². The second-order valence-electron chi connectivity index (χ2n) is 7.82. The lowest BCUT2D eigenvalue weighted by Crippen LogP contribution is -2.45. The minimum Gasteiger partial charge on any atom is -0.208 e. The molecule has 1 N–H and O–H groups in total. The highest BCUT2D eigenvalue weighted by molar-refractivity contribution is 7.90. The van der Waals surface area contributed by atoms with E-state index in [1.165, 1.54) is 38.4 Å². The van der Waals surface area contributed by atoms with E-state index in [-0.39, 0.29) is 21.8 Å². The standard InChI is InChI=1S/C18H30N2O4S2/c1-13(2)17-10-9-14(3)11-18(17)19-25(21,22)15-7-6-8-16(12-15)26(23,24)20(4)5/h6-8,12-14,17-19H,9-11H2,1-5H3/t14-,17-,18-/m1/s1. The maximum atomic E-state index is 12.9. The minimum absolute atomic E-state index is 0.0128.